The van der Waals surface area contributed by atoms with Gasteiger partial charge in [-0.2, -0.15) is 10.2 Å². The van der Waals surface area contributed by atoms with Crippen molar-refractivity contribution in [3.8, 4) is 11.1 Å². The first-order valence-electron chi connectivity index (χ1n) is 6.58. The van der Waals surface area contributed by atoms with Crippen molar-refractivity contribution in [2.75, 3.05) is 19.9 Å². The van der Waals surface area contributed by atoms with E-state index in [0.29, 0.717) is 0 Å². The highest BCUT2D eigenvalue weighted by Gasteiger charge is 2.27. The second-order valence-electron chi connectivity index (χ2n) is 4.70. The van der Waals surface area contributed by atoms with Crippen LogP contribution in [0.5, 0.6) is 0 Å². The molecule has 0 aromatic heterocycles. The van der Waals surface area contributed by atoms with Crippen LogP contribution in [0.2, 0.25) is 0 Å². The van der Waals surface area contributed by atoms with Gasteiger partial charge in [0.05, 0.1) is 28.4 Å². The Bertz CT molecular complexity index is 874. The largest absolute Gasteiger partial charge is 0.465 e. The average molecular weight is 420 g/mol. The van der Waals surface area contributed by atoms with Gasteiger partial charge in [0.25, 0.3) is 0 Å². The Kier molecular flexibility index (Phi) is 5.41. The van der Waals surface area contributed by atoms with E-state index >= 15 is 0 Å². The fraction of sp³-hybridized carbons (Fsp3) is 0.133. The van der Waals surface area contributed by atoms with Crippen LogP contribution in [0.15, 0.2) is 26.8 Å². The number of nitrogens with zero attached hydrogens (tertiary/aromatic N) is 2. The lowest BCUT2D eigenvalue weighted by molar-refractivity contribution is 0.0601. The molecule has 0 amide bonds. The molecule has 0 unspecified atom stereocenters. The number of hydrogen-bond donors (Lipinski definition) is 1. The molecular formula is C15H10BrF4N3O2. The molecule has 5 nitrogen and oxygen atoms in total. The minimum Gasteiger partial charge on any atom is -0.465 e. The number of rotatable bonds is 3. The molecule has 10 heteroatoms. The topological polar surface area (TPSA) is 77.0 Å². The Hall–Kier alpha value is -2.49. The van der Waals surface area contributed by atoms with Crippen LogP contribution in [0.25, 0.3) is 11.1 Å². The van der Waals surface area contributed by atoms with E-state index in [-0.39, 0.29) is 22.5 Å². The molecule has 0 saturated carbocycles. The van der Waals surface area contributed by atoms with Gasteiger partial charge in [-0.15, -0.1) is 0 Å². The first-order chi connectivity index (χ1) is 11.7. The molecule has 0 spiro atoms. The van der Waals surface area contributed by atoms with Crippen LogP contribution in [0.3, 0.4) is 0 Å². The van der Waals surface area contributed by atoms with E-state index in [1.165, 1.54) is 7.05 Å². The van der Waals surface area contributed by atoms with Crippen molar-refractivity contribution in [2.45, 2.75) is 0 Å². The van der Waals surface area contributed by atoms with Gasteiger partial charge in [-0.25, -0.2) is 22.4 Å². The highest BCUT2D eigenvalue weighted by atomic mass is 79.9. The third-order valence-corrected chi connectivity index (χ3v) is 3.94. The van der Waals surface area contributed by atoms with Crippen molar-refractivity contribution >= 4 is 33.3 Å². The van der Waals surface area contributed by atoms with E-state index in [9.17, 15) is 22.4 Å². The van der Waals surface area contributed by atoms with Crippen molar-refractivity contribution in [1.82, 2.24) is 0 Å². The number of hydrogen-bond acceptors (Lipinski definition) is 5. The van der Waals surface area contributed by atoms with Gasteiger partial charge in [0, 0.05) is 7.05 Å². The first-order valence-corrected chi connectivity index (χ1v) is 7.37. The van der Waals surface area contributed by atoms with Crippen LogP contribution in [0.1, 0.15) is 10.4 Å². The number of azo groups is 1. The number of esters is 1. The summed E-state index contributed by atoms with van der Waals surface area (Å²) >= 11 is 2.43. The fourth-order valence-electron chi connectivity index (χ4n) is 2.14. The van der Waals surface area contributed by atoms with E-state index in [4.69, 9.17) is 5.73 Å². The van der Waals surface area contributed by atoms with Crippen LogP contribution in [-0.2, 0) is 4.74 Å². The fourth-order valence-corrected chi connectivity index (χ4v) is 2.48. The molecule has 2 aromatic rings. The normalized spacial score (nSPS) is 11.2. The van der Waals surface area contributed by atoms with Gasteiger partial charge in [0.1, 0.15) is 5.69 Å². The highest BCUT2D eigenvalue weighted by molar-refractivity contribution is 9.10. The molecule has 132 valence electrons. The Morgan fingerprint density at radius 1 is 1.12 bits per heavy atom. The lowest BCUT2D eigenvalue weighted by Gasteiger charge is -2.13. The molecule has 2 aromatic carbocycles. The SMILES string of the molecule is CN=Nc1c(N)cc(-c2c(F)c(F)c(Br)c(F)c2F)cc1C(=O)OC. The summed E-state index contributed by atoms with van der Waals surface area (Å²) in [7, 11) is 2.38. The van der Waals surface area contributed by atoms with Gasteiger partial charge in [0.15, 0.2) is 23.3 Å². The lowest BCUT2D eigenvalue weighted by Crippen LogP contribution is -2.06. The van der Waals surface area contributed by atoms with Gasteiger partial charge < -0.3 is 10.5 Å². The van der Waals surface area contributed by atoms with Gasteiger partial charge in [-0.05, 0) is 33.6 Å². The zero-order valence-corrected chi connectivity index (χ0v) is 14.4. The lowest BCUT2D eigenvalue weighted by atomic mass is 9.99. The number of methoxy groups -OCH3 is 1. The predicted octanol–water partition coefficient (Wildman–Crippen LogP) is 4.75. The number of benzene rings is 2. The molecule has 0 bridgehead atoms. The standard InChI is InChI=1S/C15H10BrF4N3O2/c1-22-23-14-6(15(24)25-2)3-5(4-7(14)21)8-10(17)12(19)9(16)13(20)11(8)18/h3-4H,21H2,1-2H3. The Balaban J connectivity index is 2.87. The van der Waals surface area contributed by atoms with E-state index in [1.807, 2.05) is 0 Å². The summed E-state index contributed by atoms with van der Waals surface area (Å²) in [6.45, 7) is 0. The minimum atomic E-state index is -1.65. The smallest absolute Gasteiger partial charge is 0.340 e. The van der Waals surface area contributed by atoms with Crippen molar-refractivity contribution in [1.29, 1.82) is 0 Å². The van der Waals surface area contributed by atoms with Crippen molar-refractivity contribution < 1.29 is 27.1 Å². The molecule has 0 aliphatic heterocycles. The number of nitrogens with two attached hydrogens (primary N) is 1. The molecule has 0 atom stereocenters. The monoisotopic (exact) mass is 419 g/mol. The molecule has 2 N–H and O–H groups in total. The van der Waals surface area contributed by atoms with Gasteiger partial charge in [0.2, 0.25) is 0 Å². The number of carbonyl (C=O) groups excluding carboxylic acids is 1. The van der Waals surface area contributed by atoms with Crippen molar-refractivity contribution in [3.63, 3.8) is 0 Å². The maximum Gasteiger partial charge on any atom is 0.340 e. The summed E-state index contributed by atoms with van der Waals surface area (Å²) in [4.78, 5) is 11.9. The Labute approximate surface area is 147 Å². The Morgan fingerprint density at radius 3 is 2.16 bits per heavy atom. The Morgan fingerprint density at radius 2 is 1.68 bits per heavy atom. The maximum atomic E-state index is 14.2. The first kappa shape index (κ1) is 18.8. The van der Waals surface area contributed by atoms with Gasteiger partial charge >= 0.3 is 5.97 Å². The molecule has 0 saturated heterocycles. The highest BCUT2D eigenvalue weighted by Crippen LogP contribution is 2.39. The van der Waals surface area contributed by atoms with Crippen LogP contribution < -0.4 is 5.73 Å². The minimum absolute atomic E-state index is 0.100. The average Bonchev–Trinajstić information content (AvgIpc) is 2.59. The van der Waals surface area contributed by atoms with Crippen molar-refractivity contribution in [3.05, 3.63) is 45.4 Å². The summed E-state index contributed by atoms with van der Waals surface area (Å²) in [6, 6.07) is 1.98. The molecule has 0 aliphatic carbocycles. The molecule has 2 rings (SSSR count). The number of nitrogen functional groups attached to an aromatic ring is 1. The quantitative estimate of drug-likeness (QED) is 0.194. The molecule has 0 heterocycles. The van der Waals surface area contributed by atoms with E-state index < -0.39 is 39.3 Å². The molecule has 0 radical (unpaired) electrons. The van der Waals surface area contributed by atoms with E-state index in [1.54, 1.807) is 0 Å². The van der Waals surface area contributed by atoms with Crippen LogP contribution >= 0.6 is 15.9 Å². The maximum absolute atomic E-state index is 14.2. The molecule has 0 fully saturated rings. The molecule has 25 heavy (non-hydrogen) atoms. The number of halogens is 5. The zero-order chi connectivity index (χ0) is 18.9. The summed E-state index contributed by atoms with van der Waals surface area (Å²) in [5, 5.41) is 7.14. The predicted molar refractivity (Wildman–Crippen MR) is 85.6 cm³/mol. The second kappa shape index (κ2) is 7.18. The van der Waals surface area contributed by atoms with Crippen LogP contribution in [-0.4, -0.2) is 20.1 Å². The van der Waals surface area contributed by atoms with Gasteiger partial charge in [-0.1, -0.05) is 0 Å². The summed E-state index contributed by atoms with van der Waals surface area (Å²) in [5.74, 6) is -7.46. The second-order valence-corrected chi connectivity index (χ2v) is 5.49. The van der Waals surface area contributed by atoms with E-state index in [0.717, 1.165) is 19.2 Å². The number of carbonyl (C=O) groups is 1. The van der Waals surface area contributed by atoms with Crippen LogP contribution in [0, 0.1) is 23.3 Å². The third kappa shape index (κ3) is 3.21. The summed E-state index contributed by atoms with van der Waals surface area (Å²) < 4.78 is 59.4. The van der Waals surface area contributed by atoms with Crippen molar-refractivity contribution in [2.24, 2.45) is 10.2 Å². The summed E-state index contributed by atoms with van der Waals surface area (Å²) in [6.07, 6.45) is 0. The van der Waals surface area contributed by atoms with Gasteiger partial charge in [-0.3, -0.25) is 0 Å². The third-order valence-electron chi connectivity index (χ3n) is 3.24. The van der Waals surface area contributed by atoms with E-state index in [2.05, 4.69) is 30.9 Å². The molecular weight excluding hydrogens is 410 g/mol. The summed E-state index contributed by atoms with van der Waals surface area (Å²) in [5.41, 5.74) is 3.79. The number of anilines is 1. The van der Waals surface area contributed by atoms with Crippen LogP contribution in [0.4, 0.5) is 28.9 Å². The zero-order valence-electron chi connectivity index (χ0n) is 12.8. The molecule has 0 aliphatic rings. The number of ether oxygens (including phenoxy) is 1.